The van der Waals surface area contributed by atoms with Gasteiger partial charge in [0.2, 0.25) is 5.91 Å². The lowest BCUT2D eigenvalue weighted by molar-refractivity contribution is -0.116. The van der Waals surface area contributed by atoms with E-state index in [-0.39, 0.29) is 30.1 Å². The SMILES string of the molecule is O=C(CCC(=O)c1ccc2c(c1)CCCC2)Nc1ccc2c(c1)C(=O)NC2=O. The fourth-order valence-electron chi connectivity index (χ4n) is 3.75. The number of anilines is 1. The Hall–Kier alpha value is -3.28. The van der Waals surface area contributed by atoms with Crippen molar-refractivity contribution in [3.8, 4) is 0 Å². The molecule has 1 aliphatic carbocycles. The van der Waals surface area contributed by atoms with Gasteiger partial charge >= 0.3 is 0 Å². The van der Waals surface area contributed by atoms with Crippen LogP contribution in [-0.2, 0) is 17.6 Å². The molecule has 1 aliphatic heterocycles. The van der Waals surface area contributed by atoms with Crippen LogP contribution in [0.2, 0.25) is 0 Å². The van der Waals surface area contributed by atoms with Gasteiger partial charge in [0, 0.05) is 24.1 Å². The van der Waals surface area contributed by atoms with Crippen molar-refractivity contribution in [1.29, 1.82) is 0 Å². The predicted octanol–water partition coefficient (Wildman–Crippen LogP) is 3.05. The van der Waals surface area contributed by atoms with Crippen molar-refractivity contribution in [3.05, 3.63) is 64.2 Å². The first-order valence-electron chi connectivity index (χ1n) is 9.46. The van der Waals surface area contributed by atoms with Crippen LogP contribution in [-0.4, -0.2) is 23.5 Å². The van der Waals surface area contributed by atoms with Gasteiger partial charge in [-0.3, -0.25) is 24.5 Å². The minimum atomic E-state index is -0.473. The molecule has 0 bridgehead atoms. The zero-order chi connectivity index (χ0) is 19.7. The van der Waals surface area contributed by atoms with Crippen LogP contribution in [0.4, 0.5) is 5.69 Å². The van der Waals surface area contributed by atoms with Crippen LogP contribution in [0.5, 0.6) is 0 Å². The number of amides is 3. The molecule has 0 fully saturated rings. The number of benzene rings is 2. The molecule has 4 rings (SSSR count). The van der Waals surface area contributed by atoms with E-state index in [0.29, 0.717) is 16.8 Å². The zero-order valence-electron chi connectivity index (χ0n) is 15.3. The molecule has 0 saturated heterocycles. The average molecular weight is 376 g/mol. The van der Waals surface area contributed by atoms with E-state index < -0.39 is 11.8 Å². The maximum Gasteiger partial charge on any atom is 0.259 e. The van der Waals surface area contributed by atoms with E-state index in [1.807, 2.05) is 18.2 Å². The minimum absolute atomic E-state index is 0.0533. The Labute approximate surface area is 162 Å². The molecule has 2 aliphatic rings. The van der Waals surface area contributed by atoms with Gasteiger partial charge in [-0.1, -0.05) is 12.1 Å². The first-order chi connectivity index (χ1) is 13.5. The molecule has 6 nitrogen and oxygen atoms in total. The second-order valence-corrected chi connectivity index (χ2v) is 7.21. The molecule has 6 heteroatoms. The van der Waals surface area contributed by atoms with Gasteiger partial charge in [0.15, 0.2) is 5.78 Å². The van der Waals surface area contributed by atoms with Crippen LogP contribution in [0.3, 0.4) is 0 Å². The van der Waals surface area contributed by atoms with E-state index >= 15 is 0 Å². The second-order valence-electron chi connectivity index (χ2n) is 7.21. The number of hydrogen-bond donors (Lipinski definition) is 2. The van der Waals surface area contributed by atoms with Crippen molar-refractivity contribution in [1.82, 2.24) is 5.32 Å². The number of carbonyl (C=O) groups is 4. The summed E-state index contributed by atoms with van der Waals surface area (Å²) >= 11 is 0. The smallest absolute Gasteiger partial charge is 0.259 e. The Kier molecular flexibility index (Phi) is 4.77. The molecule has 0 atom stereocenters. The van der Waals surface area contributed by atoms with Crippen LogP contribution in [0, 0.1) is 0 Å². The Morgan fingerprint density at radius 3 is 2.43 bits per heavy atom. The molecule has 2 N–H and O–H groups in total. The molecule has 3 amide bonds. The highest BCUT2D eigenvalue weighted by atomic mass is 16.2. The van der Waals surface area contributed by atoms with Gasteiger partial charge in [0.25, 0.3) is 11.8 Å². The summed E-state index contributed by atoms with van der Waals surface area (Å²) in [5.74, 6) is -1.27. The van der Waals surface area contributed by atoms with Crippen molar-refractivity contribution >= 4 is 29.2 Å². The fraction of sp³-hybridized carbons (Fsp3) is 0.273. The molecule has 2 aromatic rings. The Morgan fingerprint density at radius 2 is 1.61 bits per heavy atom. The Morgan fingerprint density at radius 1 is 0.857 bits per heavy atom. The maximum absolute atomic E-state index is 12.4. The summed E-state index contributed by atoms with van der Waals surface area (Å²) in [7, 11) is 0. The average Bonchev–Trinajstić information content (AvgIpc) is 2.99. The molecule has 0 unspecified atom stereocenters. The second kappa shape index (κ2) is 7.38. The van der Waals surface area contributed by atoms with E-state index in [1.165, 1.54) is 29.7 Å². The van der Waals surface area contributed by atoms with Crippen LogP contribution in [0.25, 0.3) is 0 Å². The van der Waals surface area contributed by atoms with E-state index in [4.69, 9.17) is 0 Å². The van der Waals surface area contributed by atoms with Crippen molar-refractivity contribution in [3.63, 3.8) is 0 Å². The summed E-state index contributed by atoms with van der Waals surface area (Å²) in [5, 5.41) is 4.89. The molecule has 2 aromatic carbocycles. The quantitative estimate of drug-likeness (QED) is 0.620. The Balaban J connectivity index is 1.36. The van der Waals surface area contributed by atoms with Crippen LogP contribution < -0.4 is 10.6 Å². The van der Waals surface area contributed by atoms with E-state index in [2.05, 4.69) is 10.6 Å². The molecule has 0 aromatic heterocycles. The van der Waals surface area contributed by atoms with Crippen molar-refractivity contribution in [2.75, 3.05) is 5.32 Å². The molecular formula is C22H20N2O4. The van der Waals surface area contributed by atoms with Crippen molar-refractivity contribution < 1.29 is 19.2 Å². The van der Waals surface area contributed by atoms with Crippen molar-refractivity contribution in [2.45, 2.75) is 38.5 Å². The number of ketones is 1. The monoisotopic (exact) mass is 376 g/mol. The van der Waals surface area contributed by atoms with E-state index in [1.54, 1.807) is 6.07 Å². The number of hydrogen-bond acceptors (Lipinski definition) is 4. The van der Waals surface area contributed by atoms with Gasteiger partial charge in [0.1, 0.15) is 0 Å². The van der Waals surface area contributed by atoms with Crippen molar-refractivity contribution in [2.24, 2.45) is 0 Å². The summed E-state index contributed by atoms with van der Waals surface area (Å²) in [4.78, 5) is 47.9. The third kappa shape index (κ3) is 3.58. The lowest BCUT2D eigenvalue weighted by Crippen LogP contribution is -2.19. The lowest BCUT2D eigenvalue weighted by atomic mass is 9.89. The highest BCUT2D eigenvalue weighted by Crippen LogP contribution is 2.23. The molecule has 1 heterocycles. The van der Waals surface area contributed by atoms with Crippen LogP contribution in [0.1, 0.15) is 67.9 Å². The molecule has 142 valence electrons. The number of aryl methyl sites for hydroxylation is 2. The van der Waals surface area contributed by atoms with Gasteiger partial charge in [-0.05, 0) is 61.1 Å². The molecule has 28 heavy (non-hydrogen) atoms. The van der Waals surface area contributed by atoms with Gasteiger partial charge < -0.3 is 5.32 Å². The van der Waals surface area contributed by atoms with E-state index in [0.717, 1.165) is 19.3 Å². The largest absolute Gasteiger partial charge is 0.326 e. The summed E-state index contributed by atoms with van der Waals surface area (Å²) in [6, 6.07) is 10.4. The number of Topliss-reactive ketones (excluding diaryl/α,β-unsaturated/α-hetero) is 1. The normalized spacial score (nSPS) is 14.9. The topological polar surface area (TPSA) is 92.3 Å². The standard InChI is InChI=1S/C22H20N2O4/c25-19(15-6-5-13-3-1-2-4-14(13)11-15)9-10-20(26)23-16-7-8-17-18(12-16)22(28)24-21(17)27/h5-8,11-12H,1-4,9-10H2,(H,23,26)(H,24,27,28). The number of carbonyl (C=O) groups excluding carboxylic acids is 4. The van der Waals surface area contributed by atoms with Crippen LogP contribution in [0.15, 0.2) is 36.4 Å². The summed E-state index contributed by atoms with van der Waals surface area (Å²) in [5.41, 5.74) is 4.18. The predicted molar refractivity (Wildman–Crippen MR) is 104 cm³/mol. The number of rotatable bonds is 5. The Bertz CT molecular complexity index is 1010. The number of fused-ring (bicyclic) bond motifs is 2. The fourth-order valence-corrected chi connectivity index (χ4v) is 3.75. The number of nitrogens with one attached hydrogen (secondary N) is 2. The van der Waals surface area contributed by atoms with Crippen LogP contribution >= 0.6 is 0 Å². The van der Waals surface area contributed by atoms with Gasteiger partial charge in [-0.2, -0.15) is 0 Å². The highest BCUT2D eigenvalue weighted by Gasteiger charge is 2.26. The molecular weight excluding hydrogens is 356 g/mol. The molecule has 0 spiro atoms. The third-order valence-electron chi connectivity index (χ3n) is 5.27. The van der Waals surface area contributed by atoms with Gasteiger partial charge in [-0.15, -0.1) is 0 Å². The third-order valence-corrected chi connectivity index (χ3v) is 5.27. The highest BCUT2D eigenvalue weighted by molar-refractivity contribution is 6.22. The lowest BCUT2D eigenvalue weighted by Gasteiger charge is -2.16. The van der Waals surface area contributed by atoms with Gasteiger partial charge in [-0.25, -0.2) is 0 Å². The van der Waals surface area contributed by atoms with Gasteiger partial charge in [0.05, 0.1) is 11.1 Å². The maximum atomic E-state index is 12.4. The first-order valence-corrected chi connectivity index (χ1v) is 9.46. The summed E-state index contributed by atoms with van der Waals surface area (Å²) in [6.45, 7) is 0. The van der Waals surface area contributed by atoms with E-state index in [9.17, 15) is 19.2 Å². The summed E-state index contributed by atoms with van der Waals surface area (Å²) in [6.07, 6.45) is 4.59. The molecule has 0 saturated carbocycles. The zero-order valence-corrected chi connectivity index (χ0v) is 15.3. The minimum Gasteiger partial charge on any atom is -0.326 e. The number of imide groups is 1. The molecule has 0 radical (unpaired) electrons. The summed E-state index contributed by atoms with van der Waals surface area (Å²) < 4.78 is 0. The first kappa shape index (κ1) is 18.1.